The summed E-state index contributed by atoms with van der Waals surface area (Å²) in [6.45, 7) is 8.30. The summed E-state index contributed by atoms with van der Waals surface area (Å²) in [6.07, 6.45) is 4.74. The standard InChI is InChI=1S/C13H23N3O/c1-5-11(14)10-6-7-16(8-10)9-12(17)15-13(2,3)4/h6-8,11H,5,9,14H2,1-4H3,(H,15,17). The number of nitrogens with two attached hydrogens (primary N) is 1. The van der Waals surface area contributed by atoms with E-state index < -0.39 is 0 Å². The lowest BCUT2D eigenvalue weighted by Crippen LogP contribution is -2.42. The Morgan fingerprint density at radius 2 is 2.18 bits per heavy atom. The molecule has 0 aliphatic heterocycles. The summed E-state index contributed by atoms with van der Waals surface area (Å²) in [7, 11) is 0. The zero-order valence-electron chi connectivity index (χ0n) is 11.2. The van der Waals surface area contributed by atoms with Gasteiger partial charge in [0.15, 0.2) is 0 Å². The fourth-order valence-corrected chi connectivity index (χ4v) is 1.64. The molecule has 0 radical (unpaired) electrons. The van der Waals surface area contributed by atoms with E-state index in [9.17, 15) is 4.79 Å². The van der Waals surface area contributed by atoms with E-state index in [0.717, 1.165) is 12.0 Å². The molecule has 0 saturated carbocycles. The molecule has 4 nitrogen and oxygen atoms in total. The number of nitrogens with one attached hydrogen (secondary N) is 1. The largest absolute Gasteiger partial charge is 0.350 e. The van der Waals surface area contributed by atoms with Gasteiger partial charge >= 0.3 is 0 Å². The molecule has 0 saturated heterocycles. The number of rotatable bonds is 4. The number of hydrogen-bond acceptors (Lipinski definition) is 2. The maximum Gasteiger partial charge on any atom is 0.240 e. The molecule has 3 N–H and O–H groups in total. The van der Waals surface area contributed by atoms with Crippen molar-refractivity contribution in [3.05, 3.63) is 24.0 Å². The average Bonchev–Trinajstić information content (AvgIpc) is 2.62. The number of nitrogens with zero attached hydrogens (tertiary/aromatic N) is 1. The van der Waals surface area contributed by atoms with Crippen LogP contribution in [-0.4, -0.2) is 16.0 Å². The van der Waals surface area contributed by atoms with Crippen LogP contribution in [0.5, 0.6) is 0 Å². The zero-order chi connectivity index (χ0) is 13.1. The molecule has 0 aliphatic rings. The first-order valence-corrected chi connectivity index (χ1v) is 6.04. The Morgan fingerprint density at radius 1 is 1.53 bits per heavy atom. The van der Waals surface area contributed by atoms with Gasteiger partial charge < -0.3 is 15.6 Å². The highest BCUT2D eigenvalue weighted by Gasteiger charge is 2.14. The third-order valence-electron chi connectivity index (χ3n) is 2.48. The summed E-state index contributed by atoms with van der Waals surface area (Å²) in [4.78, 5) is 11.7. The number of hydrogen-bond donors (Lipinski definition) is 2. The molecular weight excluding hydrogens is 214 g/mol. The Kier molecular flexibility index (Phi) is 4.34. The van der Waals surface area contributed by atoms with Crippen molar-refractivity contribution < 1.29 is 4.79 Å². The summed E-state index contributed by atoms with van der Waals surface area (Å²) in [6, 6.07) is 2.03. The van der Waals surface area contributed by atoms with Gasteiger partial charge in [0, 0.05) is 24.0 Å². The van der Waals surface area contributed by atoms with Crippen molar-refractivity contribution in [1.29, 1.82) is 0 Å². The van der Waals surface area contributed by atoms with Gasteiger partial charge in [0.25, 0.3) is 0 Å². The van der Waals surface area contributed by atoms with Crippen molar-refractivity contribution in [3.63, 3.8) is 0 Å². The van der Waals surface area contributed by atoms with Gasteiger partial charge in [0.2, 0.25) is 5.91 Å². The molecule has 1 unspecified atom stereocenters. The first kappa shape index (κ1) is 13.8. The summed E-state index contributed by atoms with van der Waals surface area (Å²) in [5, 5.41) is 2.93. The Balaban J connectivity index is 2.58. The second kappa shape index (κ2) is 5.36. The molecule has 1 aromatic rings. The maximum atomic E-state index is 11.7. The minimum absolute atomic E-state index is 0.0183. The van der Waals surface area contributed by atoms with Crippen LogP contribution in [0.3, 0.4) is 0 Å². The molecule has 0 bridgehead atoms. The molecule has 0 spiro atoms. The molecule has 1 aromatic heterocycles. The molecule has 17 heavy (non-hydrogen) atoms. The Labute approximate surface area is 103 Å². The predicted octanol–water partition coefficient (Wildman–Crippen LogP) is 1.81. The molecule has 0 aromatic carbocycles. The van der Waals surface area contributed by atoms with E-state index in [1.807, 2.05) is 50.7 Å². The maximum absolute atomic E-state index is 11.7. The van der Waals surface area contributed by atoms with Gasteiger partial charge in [0.1, 0.15) is 6.54 Å². The van der Waals surface area contributed by atoms with E-state index in [2.05, 4.69) is 5.32 Å². The number of amides is 1. The first-order chi connectivity index (χ1) is 7.81. The minimum atomic E-state index is -0.188. The highest BCUT2D eigenvalue weighted by molar-refractivity contribution is 5.76. The highest BCUT2D eigenvalue weighted by Crippen LogP contribution is 2.13. The Bertz CT molecular complexity index is 376. The summed E-state index contributed by atoms with van der Waals surface area (Å²) in [5.41, 5.74) is 6.82. The lowest BCUT2D eigenvalue weighted by molar-refractivity contribution is -0.123. The Morgan fingerprint density at radius 3 is 2.71 bits per heavy atom. The third kappa shape index (κ3) is 4.61. The van der Waals surface area contributed by atoms with Gasteiger partial charge in [-0.2, -0.15) is 0 Å². The molecule has 1 heterocycles. The van der Waals surface area contributed by atoms with Crippen LogP contribution in [0.2, 0.25) is 0 Å². The van der Waals surface area contributed by atoms with Crippen molar-refractivity contribution in [2.24, 2.45) is 5.73 Å². The molecule has 1 rings (SSSR count). The second-order valence-corrected chi connectivity index (χ2v) is 5.43. The lowest BCUT2D eigenvalue weighted by Gasteiger charge is -2.20. The lowest BCUT2D eigenvalue weighted by atomic mass is 10.1. The molecule has 1 atom stereocenters. The average molecular weight is 237 g/mol. The van der Waals surface area contributed by atoms with Crippen molar-refractivity contribution in [1.82, 2.24) is 9.88 Å². The highest BCUT2D eigenvalue weighted by atomic mass is 16.2. The van der Waals surface area contributed by atoms with E-state index in [1.165, 1.54) is 0 Å². The van der Waals surface area contributed by atoms with Crippen LogP contribution in [-0.2, 0) is 11.3 Å². The molecule has 96 valence electrons. The fraction of sp³-hybridized carbons (Fsp3) is 0.615. The van der Waals surface area contributed by atoms with Crippen LogP contribution in [0.1, 0.15) is 45.7 Å². The SMILES string of the molecule is CCC(N)c1ccn(CC(=O)NC(C)(C)C)c1. The van der Waals surface area contributed by atoms with Crippen molar-refractivity contribution in [3.8, 4) is 0 Å². The van der Waals surface area contributed by atoms with Crippen LogP contribution >= 0.6 is 0 Å². The van der Waals surface area contributed by atoms with Gasteiger partial charge in [-0.1, -0.05) is 6.92 Å². The predicted molar refractivity (Wildman–Crippen MR) is 69.5 cm³/mol. The van der Waals surface area contributed by atoms with Crippen molar-refractivity contribution >= 4 is 5.91 Å². The van der Waals surface area contributed by atoms with E-state index >= 15 is 0 Å². The van der Waals surface area contributed by atoms with Gasteiger partial charge in [-0.3, -0.25) is 4.79 Å². The van der Waals surface area contributed by atoms with E-state index in [0.29, 0.717) is 6.54 Å². The normalized spacial score (nSPS) is 13.5. The first-order valence-electron chi connectivity index (χ1n) is 6.04. The minimum Gasteiger partial charge on any atom is -0.350 e. The van der Waals surface area contributed by atoms with Crippen molar-refractivity contribution in [2.75, 3.05) is 0 Å². The Hall–Kier alpha value is -1.29. The molecule has 4 heteroatoms. The topological polar surface area (TPSA) is 60.0 Å². The molecular formula is C13H23N3O. The van der Waals surface area contributed by atoms with Crippen LogP contribution in [0.4, 0.5) is 0 Å². The van der Waals surface area contributed by atoms with Gasteiger partial charge in [-0.05, 0) is 38.8 Å². The summed E-state index contributed by atoms with van der Waals surface area (Å²) < 4.78 is 1.87. The number of aromatic nitrogens is 1. The quantitative estimate of drug-likeness (QED) is 0.839. The van der Waals surface area contributed by atoms with Gasteiger partial charge in [0.05, 0.1) is 0 Å². The van der Waals surface area contributed by atoms with E-state index in [4.69, 9.17) is 5.73 Å². The smallest absolute Gasteiger partial charge is 0.240 e. The fourth-order valence-electron chi connectivity index (χ4n) is 1.64. The van der Waals surface area contributed by atoms with E-state index in [1.54, 1.807) is 0 Å². The van der Waals surface area contributed by atoms with Crippen LogP contribution in [0, 0.1) is 0 Å². The number of carbonyl (C=O) groups is 1. The zero-order valence-corrected chi connectivity index (χ0v) is 11.2. The number of carbonyl (C=O) groups excluding carboxylic acids is 1. The van der Waals surface area contributed by atoms with Crippen LogP contribution in [0.25, 0.3) is 0 Å². The second-order valence-electron chi connectivity index (χ2n) is 5.43. The van der Waals surface area contributed by atoms with Crippen molar-refractivity contribution in [2.45, 2.75) is 52.2 Å². The van der Waals surface area contributed by atoms with Gasteiger partial charge in [-0.25, -0.2) is 0 Å². The summed E-state index contributed by atoms with van der Waals surface area (Å²) in [5.74, 6) is 0.0183. The van der Waals surface area contributed by atoms with E-state index in [-0.39, 0.29) is 17.5 Å². The monoisotopic (exact) mass is 237 g/mol. The molecule has 0 aliphatic carbocycles. The molecule has 1 amide bonds. The van der Waals surface area contributed by atoms with Crippen LogP contribution in [0.15, 0.2) is 18.5 Å². The van der Waals surface area contributed by atoms with Crippen LogP contribution < -0.4 is 11.1 Å². The summed E-state index contributed by atoms with van der Waals surface area (Å²) >= 11 is 0. The van der Waals surface area contributed by atoms with Gasteiger partial charge in [-0.15, -0.1) is 0 Å². The molecule has 0 fully saturated rings. The third-order valence-corrected chi connectivity index (χ3v) is 2.48.